The monoisotopic (exact) mass is 353 g/mol. The molecule has 2 N–H and O–H groups in total. The fourth-order valence-electron chi connectivity index (χ4n) is 3.32. The van der Waals surface area contributed by atoms with Crippen LogP contribution in [0.5, 0.6) is 0 Å². The van der Waals surface area contributed by atoms with E-state index in [1.165, 1.54) is 56.1 Å². The topological polar surface area (TPSA) is 33.5 Å². The van der Waals surface area contributed by atoms with E-state index in [4.69, 9.17) is 0 Å². The molecule has 1 saturated heterocycles. The van der Waals surface area contributed by atoms with Gasteiger partial charge in [0.2, 0.25) is 5.91 Å². The van der Waals surface area contributed by atoms with Gasteiger partial charge in [0.15, 0.2) is 0 Å². The SMILES string of the molecule is O=C(/C=C/c1cccc(F)c1)NCc1ccc(C[NH+]2CCCCC2)cc1. The van der Waals surface area contributed by atoms with Gasteiger partial charge in [0.05, 0.1) is 13.1 Å². The summed E-state index contributed by atoms with van der Waals surface area (Å²) in [5, 5.41) is 2.86. The van der Waals surface area contributed by atoms with Crippen molar-refractivity contribution in [3.05, 3.63) is 77.1 Å². The summed E-state index contributed by atoms with van der Waals surface area (Å²) in [4.78, 5) is 13.6. The second-order valence-corrected chi connectivity index (χ2v) is 6.91. The van der Waals surface area contributed by atoms with E-state index in [-0.39, 0.29) is 11.7 Å². The van der Waals surface area contributed by atoms with Crippen LogP contribution in [0, 0.1) is 5.82 Å². The van der Waals surface area contributed by atoms with Crippen LogP contribution in [0.4, 0.5) is 4.39 Å². The second-order valence-electron chi connectivity index (χ2n) is 6.91. The zero-order chi connectivity index (χ0) is 18.2. The zero-order valence-corrected chi connectivity index (χ0v) is 15.0. The number of nitrogens with one attached hydrogen (secondary N) is 2. The fourth-order valence-corrected chi connectivity index (χ4v) is 3.32. The molecule has 0 saturated carbocycles. The first-order chi connectivity index (χ1) is 12.7. The van der Waals surface area contributed by atoms with Gasteiger partial charge in [-0.05, 0) is 48.6 Å². The number of hydrogen-bond acceptors (Lipinski definition) is 1. The molecule has 136 valence electrons. The molecule has 4 heteroatoms. The number of quaternary nitrogens is 1. The van der Waals surface area contributed by atoms with Crippen LogP contribution in [-0.4, -0.2) is 19.0 Å². The highest BCUT2D eigenvalue weighted by atomic mass is 19.1. The number of halogens is 1. The first-order valence-corrected chi connectivity index (χ1v) is 9.32. The molecule has 26 heavy (non-hydrogen) atoms. The van der Waals surface area contributed by atoms with Gasteiger partial charge in [0.25, 0.3) is 0 Å². The minimum Gasteiger partial charge on any atom is -0.348 e. The quantitative estimate of drug-likeness (QED) is 0.770. The van der Waals surface area contributed by atoms with Crippen LogP contribution < -0.4 is 10.2 Å². The maximum absolute atomic E-state index is 13.1. The van der Waals surface area contributed by atoms with Gasteiger partial charge in [-0.3, -0.25) is 4.79 Å². The number of rotatable bonds is 6. The molecular formula is C22H26FN2O+. The van der Waals surface area contributed by atoms with E-state index in [1.54, 1.807) is 23.1 Å². The van der Waals surface area contributed by atoms with Crippen LogP contribution in [-0.2, 0) is 17.9 Å². The molecule has 0 radical (unpaired) electrons. The number of benzene rings is 2. The summed E-state index contributed by atoms with van der Waals surface area (Å²) in [6.45, 7) is 4.12. The Morgan fingerprint density at radius 2 is 1.77 bits per heavy atom. The van der Waals surface area contributed by atoms with Crippen molar-refractivity contribution in [3.8, 4) is 0 Å². The molecule has 0 unspecified atom stereocenters. The largest absolute Gasteiger partial charge is 0.348 e. The Hall–Kier alpha value is -2.46. The molecule has 1 aliphatic heterocycles. The van der Waals surface area contributed by atoms with E-state index in [0.29, 0.717) is 12.1 Å². The summed E-state index contributed by atoms with van der Waals surface area (Å²) in [7, 11) is 0. The van der Waals surface area contributed by atoms with Crippen molar-refractivity contribution in [2.45, 2.75) is 32.4 Å². The molecule has 1 fully saturated rings. The van der Waals surface area contributed by atoms with E-state index in [9.17, 15) is 9.18 Å². The summed E-state index contributed by atoms with van der Waals surface area (Å²) in [6, 6.07) is 14.6. The summed E-state index contributed by atoms with van der Waals surface area (Å²) in [6.07, 6.45) is 7.09. The molecule has 1 aliphatic rings. The summed E-state index contributed by atoms with van der Waals surface area (Å²) in [5.41, 5.74) is 3.10. The number of piperidine rings is 1. The lowest BCUT2D eigenvalue weighted by Crippen LogP contribution is -3.11. The standard InChI is InChI=1S/C22H25FN2O/c23-21-6-4-5-18(15-21)11-12-22(26)24-16-19-7-9-20(10-8-19)17-25-13-2-1-3-14-25/h4-12,15H,1-3,13-14,16-17H2,(H,24,26)/p+1/b12-11+. The van der Waals surface area contributed by atoms with Gasteiger partial charge in [0, 0.05) is 18.2 Å². The minimum absolute atomic E-state index is 0.184. The molecule has 3 rings (SSSR count). The average Bonchev–Trinajstić information content (AvgIpc) is 2.67. The molecule has 0 aromatic heterocycles. The third-order valence-corrected chi connectivity index (χ3v) is 4.78. The first-order valence-electron chi connectivity index (χ1n) is 9.32. The van der Waals surface area contributed by atoms with Crippen molar-refractivity contribution in [2.75, 3.05) is 13.1 Å². The molecule has 0 atom stereocenters. The summed E-state index contributed by atoms with van der Waals surface area (Å²) in [5.74, 6) is -0.491. The summed E-state index contributed by atoms with van der Waals surface area (Å²) >= 11 is 0. The van der Waals surface area contributed by atoms with Crippen LogP contribution in [0.1, 0.15) is 36.0 Å². The van der Waals surface area contributed by atoms with Gasteiger partial charge in [-0.2, -0.15) is 0 Å². The highest BCUT2D eigenvalue weighted by Gasteiger charge is 2.13. The molecule has 1 amide bonds. The molecule has 1 heterocycles. The Kier molecular flexibility index (Phi) is 6.56. The lowest BCUT2D eigenvalue weighted by molar-refractivity contribution is -0.918. The zero-order valence-electron chi connectivity index (χ0n) is 15.0. The molecule has 2 aromatic carbocycles. The smallest absolute Gasteiger partial charge is 0.244 e. The molecule has 0 spiro atoms. The minimum atomic E-state index is -0.306. The molecule has 0 bridgehead atoms. The van der Waals surface area contributed by atoms with Crippen LogP contribution in [0.15, 0.2) is 54.6 Å². The van der Waals surface area contributed by atoms with Crippen molar-refractivity contribution in [2.24, 2.45) is 0 Å². The third-order valence-electron chi connectivity index (χ3n) is 4.78. The van der Waals surface area contributed by atoms with Gasteiger partial charge >= 0.3 is 0 Å². The number of carbonyl (C=O) groups excluding carboxylic acids is 1. The van der Waals surface area contributed by atoms with Gasteiger partial charge in [-0.1, -0.05) is 36.4 Å². The molecular weight excluding hydrogens is 327 g/mol. The predicted molar refractivity (Wildman–Crippen MR) is 102 cm³/mol. The van der Waals surface area contributed by atoms with Crippen molar-refractivity contribution >= 4 is 12.0 Å². The lowest BCUT2D eigenvalue weighted by atomic mass is 10.1. The van der Waals surface area contributed by atoms with Gasteiger partial charge in [-0.15, -0.1) is 0 Å². The maximum Gasteiger partial charge on any atom is 0.244 e. The lowest BCUT2D eigenvalue weighted by Gasteiger charge is -2.23. The average molecular weight is 353 g/mol. The van der Waals surface area contributed by atoms with Gasteiger partial charge in [0.1, 0.15) is 12.4 Å². The number of hydrogen-bond donors (Lipinski definition) is 2. The Labute approximate surface area is 154 Å². The highest BCUT2D eigenvalue weighted by Crippen LogP contribution is 2.06. The Bertz CT molecular complexity index is 749. The Morgan fingerprint density at radius 3 is 2.50 bits per heavy atom. The number of likely N-dealkylation sites (tertiary alicyclic amines) is 1. The van der Waals surface area contributed by atoms with E-state index in [1.807, 2.05) is 0 Å². The van der Waals surface area contributed by atoms with Gasteiger partial charge in [-0.25, -0.2) is 4.39 Å². The van der Waals surface area contributed by atoms with E-state index < -0.39 is 0 Å². The Morgan fingerprint density at radius 1 is 1.04 bits per heavy atom. The van der Waals surface area contributed by atoms with Crippen LogP contribution in [0.2, 0.25) is 0 Å². The maximum atomic E-state index is 13.1. The fraction of sp³-hybridized carbons (Fsp3) is 0.318. The predicted octanol–water partition coefficient (Wildman–Crippen LogP) is 2.72. The van der Waals surface area contributed by atoms with Gasteiger partial charge < -0.3 is 10.2 Å². The summed E-state index contributed by atoms with van der Waals surface area (Å²) < 4.78 is 13.1. The van der Waals surface area contributed by atoms with E-state index in [0.717, 1.165) is 12.1 Å². The van der Waals surface area contributed by atoms with Crippen LogP contribution in [0.25, 0.3) is 6.08 Å². The first kappa shape index (κ1) is 18.3. The van der Waals surface area contributed by atoms with Crippen LogP contribution >= 0.6 is 0 Å². The van der Waals surface area contributed by atoms with Crippen molar-refractivity contribution in [1.82, 2.24) is 5.32 Å². The number of amides is 1. The second kappa shape index (κ2) is 9.30. The third kappa shape index (κ3) is 5.81. The molecule has 0 aliphatic carbocycles. The van der Waals surface area contributed by atoms with Crippen molar-refractivity contribution in [1.29, 1.82) is 0 Å². The normalized spacial score (nSPS) is 15.3. The van der Waals surface area contributed by atoms with Crippen molar-refractivity contribution < 1.29 is 14.1 Å². The van der Waals surface area contributed by atoms with Crippen molar-refractivity contribution in [3.63, 3.8) is 0 Å². The number of carbonyl (C=O) groups is 1. The molecule has 3 nitrogen and oxygen atoms in total. The van der Waals surface area contributed by atoms with E-state index >= 15 is 0 Å². The van der Waals surface area contributed by atoms with Crippen LogP contribution in [0.3, 0.4) is 0 Å². The highest BCUT2D eigenvalue weighted by molar-refractivity contribution is 5.91. The van der Waals surface area contributed by atoms with E-state index in [2.05, 4.69) is 29.6 Å². The molecule has 2 aromatic rings. The Balaban J connectivity index is 1.45.